The zero-order chi connectivity index (χ0) is 13.2. The lowest BCUT2D eigenvalue weighted by atomic mass is 10.1. The van der Waals surface area contributed by atoms with E-state index in [-0.39, 0.29) is 12.4 Å². The van der Waals surface area contributed by atoms with Gasteiger partial charge in [-0.05, 0) is 24.3 Å². The van der Waals surface area contributed by atoms with Crippen molar-refractivity contribution < 1.29 is 4.74 Å². The molecule has 0 aliphatic carbocycles. The Kier molecular flexibility index (Phi) is 4.11. The van der Waals surface area contributed by atoms with Crippen LogP contribution in [0.5, 0.6) is 5.75 Å². The van der Waals surface area contributed by atoms with Crippen LogP contribution < -0.4 is 10.5 Å². The molecule has 0 atom stereocenters. The van der Waals surface area contributed by atoms with Crippen LogP contribution in [0.3, 0.4) is 0 Å². The number of nitrogen functional groups attached to an aromatic ring is 1. The van der Waals surface area contributed by atoms with E-state index in [2.05, 4.69) is 4.98 Å². The smallest absolute Gasteiger partial charge is 0.119 e. The number of fused-ring (bicyclic) bond motifs is 1. The molecule has 0 aliphatic heterocycles. The van der Waals surface area contributed by atoms with Gasteiger partial charge in [0.1, 0.15) is 5.75 Å². The van der Waals surface area contributed by atoms with Crippen molar-refractivity contribution in [3.8, 4) is 17.0 Å². The topological polar surface area (TPSA) is 48.1 Å². The maximum absolute atomic E-state index is 6.12. The van der Waals surface area contributed by atoms with Crippen molar-refractivity contribution in [3.63, 3.8) is 0 Å². The maximum atomic E-state index is 6.12. The lowest BCUT2D eigenvalue weighted by Gasteiger charge is -2.08. The lowest BCUT2D eigenvalue weighted by molar-refractivity contribution is 0.415. The molecule has 0 radical (unpaired) electrons. The molecule has 0 spiro atoms. The van der Waals surface area contributed by atoms with E-state index in [1.807, 2.05) is 54.6 Å². The van der Waals surface area contributed by atoms with Crippen LogP contribution >= 0.6 is 12.4 Å². The Morgan fingerprint density at radius 2 is 1.75 bits per heavy atom. The van der Waals surface area contributed by atoms with E-state index >= 15 is 0 Å². The third-order valence-electron chi connectivity index (χ3n) is 3.12. The summed E-state index contributed by atoms with van der Waals surface area (Å²) in [6.07, 6.45) is 0. The second-order valence-electron chi connectivity index (χ2n) is 4.35. The molecule has 0 amide bonds. The normalized spacial score (nSPS) is 10.1. The third-order valence-corrected chi connectivity index (χ3v) is 3.12. The Hall–Kier alpha value is -2.26. The van der Waals surface area contributed by atoms with Crippen molar-refractivity contribution in [1.29, 1.82) is 0 Å². The highest BCUT2D eigenvalue weighted by atomic mass is 35.5. The number of methoxy groups -OCH3 is 1. The molecule has 2 aromatic carbocycles. The number of halogens is 1. The molecule has 1 heterocycles. The number of hydrogen-bond donors (Lipinski definition) is 1. The molecule has 0 saturated carbocycles. The average Bonchev–Trinajstić information content (AvgIpc) is 2.48. The van der Waals surface area contributed by atoms with Gasteiger partial charge in [0, 0.05) is 16.6 Å². The monoisotopic (exact) mass is 286 g/mol. The van der Waals surface area contributed by atoms with Crippen LogP contribution in [0.1, 0.15) is 0 Å². The summed E-state index contributed by atoms with van der Waals surface area (Å²) >= 11 is 0. The first-order valence-electron chi connectivity index (χ1n) is 6.07. The Morgan fingerprint density at radius 1 is 1.00 bits per heavy atom. The summed E-state index contributed by atoms with van der Waals surface area (Å²) in [7, 11) is 1.64. The molecule has 1 aromatic heterocycles. The molecule has 2 N–H and O–H groups in total. The first-order chi connectivity index (χ1) is 9.28. The van der Waals surface area contributed by atoms with Gasteiger partial charge in [0.25, 0.3) is 0 Å². The lowest BCUT2D eigenvalue weighted by Crippen LogP contribution is -1.93. The van der Waals surface area contributed by atoms with E-state index in [0.717, 1.165) is 27.9 Å². The summed E-state index contributed by atoms with van der Waals surface area (Å²) in [6, 6.07) is 17.6. The molecule has 0 aliphatic rings. The van der Waals surface area contributed by atoms with Gasteiger partial charge >= 0.3 is 0 Å². The van der Waals surface area contributed by atoms with Crippen LogP contribution in [0.4, 0.5) is 5.69 Å². The molecule has 3 nitrogen and oxygen atoms in total. The molecule has 3 aromatic rings. The van der Waals surface area contributed by atoms with Crippen LogP contribution in [0, 0.1) is 0 Å². The standard InChI is InChI=1S/C16H14N2O.ClH/c1-19-12-7-8-15-13(9-12)14(17)10-16(18-15)11-5-3-2-4-6-11;/h2-10H,1H3,(H2,17,18);1H. The van der Waals surface area contributed by atoms with E-state index < -0.39 is 0 Å². The molecule has 0 fully saturated rings. The SMILES string of the molecule is COc1ccc2nc(-c3ccccc3)cc(N)c2c1.Cl. The Labute approximate surface area is 123 Å². The number of aromatic nitrogens is 1. The second-order valence-corrected chi connectivity index (χ2v) is 4.35. The fourth-order valence-corrected chi connectivity index (χ4v) is 2.11. The quantitative estimate of drug-likeness (QED) is 0.777. The van der Waals surface area contributed by atoms with Gasteiger partial charge in [0.05, 0.1) is 18.3 Å². The van der Waals surface area contributed by atoms with Crippen molar-refractivity contribution in [1.82, 2.24) is 4.98 Å². The highest BCUT2D eigenvalue weighted by Crippen LogP contribution is 2.28. The summed E-state index contributed by atoms with van der Waals surface area (Å²) in [6.45, 7) is 0. The summed E-state index contributed by atoms with van der Waals surface area (Å²) < 4.78 is 5.21. The van der Waals surface area contributed by atoms with Crippen LogP contribution in [0.15, 0.2) is 54.6 Å². The van der Waals surface area contributed by atoms with E-state index in [9.17, 15) is 0 Å². The molecular formula is C16H15ClN2O. The van der Waals surface area contributed by atoms with E-state index in [0.29, 0.717) is 5.69 Å². The van der Waals surface area contributed by atoms with Gasteiger partial charge in [0.2, 0.25) is 0 Å². The third kappa shape index (κ3) is 2.53. The summed E-state index contributed by atoms with van der Waals surface area (Å²) in [5.41, 5.74) is 9.65. The number of ether oxygens (including phenoxy) is 1. The Morgan fingerprint density at radius 3 is 2.45 bits per heavy atom. The van der Waals surface area contributed by atoms with Gasteiger partial charge in [-0.1, -0.05) is 30.3 Å². The molecule has 0 bridgehead atoms. The first kappa shape index (κ1) is 14.2. The van der Waals surface area contributed by atoms with E-state index in [1.165, 1.54) is 0 Å². The first-order valence-corrected chi connectivity index (χ1v) is 6.07. The van der Waals surface area contributed by atoms with Gasteiger partial charge in [-0.25, -0.2) is 4.98 Å². The summed E-state index contributed by atoms with van der Waals surface area (Å²) in [5.74, 6) is 0.786. The second kappa shape index (κ2) is 5.80. The van der Waals surface area contributed by atoms with E-state index in [1.54, 1.807) is 7.11 Å². The number of hydrogen-bond acceptors (Lipinski definition) is 3. The van der Waals surface area contributed by atoms with Gasteiger partial charge < -0.3 is 10.5 Å². The van der Waals surface area contributed by atoms with Crippen LogP contribution in [0.25, 0.3) is 22.2 Å². The molecule has 20 heavy (non-hydrogen) atoms. The maximum Gasteiger partial charge on any atom is 0.119 e. The minimum absolute atomic E-state index is 0. The fraction of sp³-hybridized carbons (Fsp3) is 0.0625. The Bertz CT molecular complexity index is 729. The van der Waals surface area contributed by atoms with Crippen molar-refractivity contribution in [3.05, 3.63) is 54.6 Å². The van der Waals surface area contributed by atoms with Crippen LogP contribution in [-0.4, -0.2) is 12.1 Å². The fourth-order valence-electron chi connectivity index (χ4n) is 2.11. The molecule has 3 rings (SSSR count). The molecule has 4 heteroatoms. The van der Waals surface area contributed by atoms with Crippen molar-refractivity contribution in [2.75, 3.05) is 12.8 Å². The van der Waals surface area contributed by atoms with Crippen LogP contribution in [-0.2, 0) is 0 Å². The zero-order valence-electron chi connectivity index (χ0n) is 11.0. The summed E-state index contributed by atoms with van der Waals surface area (Å²) in [5, 5.41) is 0.916. The van der Waals surface area contributed by atoms with Gasteiger partial charge in [-0.2, -0.15) is 0 Å². The number of pyridine rings is 1. The minimum Gasteiger partial charge on any atom is -0.497 e. The Balaban J connectivity index is 0.00000147. The summed E-state index contributed by atoms with van der Waals surface area (Å²) in [4.78, 5) is 4.65. The van der Waals surface area contributed by atoms with Gasteiger partial charge in [0.15, 0.2) is 0 Å². The predicted molar refractivity (Wildman–Crippen MR) is 85.4 cm³/mol. The van der Waals surface area contributed by atoms with Crippen molar-refractivity contribution in [2.24, 2.45) is 0 Å². The number of nitrogens with zero attached hydrogens (tertiary/aromatic N) is 1. The van der Waals surface area contributed by atoms with Gasteiger partial charge in [-0.15, -0.1) is 12.4 Å². The minimum atomic E-state index is 0. The predicted octanol–water partition coefficient (Wildman–Crippen LogP) is 3.91. The van der Waals surface area contributed by atoms with E-state index in [4.69, 9.17) is 10.5 Å². The molecule has 0 saturated heterocycles. The largest absolute Gasteiger partial charge is 0.497 e. The number of rotatable bonds is 2. The van der Waals surface area contributed by atoms with Crippen LogP contribution in [0.2, 0.25) is 0 Å². The zero-order valence-corrected chi connectivity index (χ0v) is 11.9. The van der Waals surface area contributed by atoms with Crippen molar-refractivity contribution >= 4 is 29.0 Å². The number of anilines is 1. The average molecular weight is 287 g/mol. The molecule has 102 valence electrons. The van der Waals surface area contributed by atoms with Crippen molar-refractivity contribution in [2.45, 2.75) is 0 Å². The number of benzene rings is 2. The number of nitrogens with two attached hydrogens (primary N) is 1. The molecular weight excluding hydrogens is 272 g/mol. The van der Waals surface area contributed by atoms with Gasteiger partial charge in [-0.3, -0.25) is 0 Å². The highest BCUT2D eigenvalue weighted by Gasteiger charge is 2.06. The highest BCUT2D eigenvalue weighted by molar-refractivity contribution is 5.93. The molecule has 0 unspecified atom stereocenters.